The largest absolute Gasteiger partial charge is 0.451 e. The molecule has 0 aliphatic rings. The van der Waals surface area contributed by atoms with E-state index in [0.29, 0.717) is 22.3 Å². The molecule has 0 fully saturated rings. The molecule has 1 atom stereocenters. The molecule has 0 radical (unpaired) electrons. The minimum Gasteiger partial charge on any atom is -0.451 e. The Kier molecular flexibility index (Phi) is 3.93. The topological polar surface area (TPSA) is 72.0 Å². The number of esters is 1. The molecule has 3 rings (SSSR count). The fourth-order valence-corrected chi connectivity index (χ4v) is 2.35. The van der Waals surface area contributed by atoms with Gasteiger partial charge in [0.05, 0.1) is 16.5 Å². The zero-order chi connectivity index (χ0) is 16.4. The number of benzene rings is 2. The van der Waals surface area contributed by atoms with E-state index < -0.39 is 12.1 Å². The van der Waals surface area contributed by atoms with E-state index in [2.05, 4.69) is 9.97 Å². The second-order valence-electron chi connectivity index (χ2n) is 5.39. The average molecular weight is 308 g/mol. The molecule has 0 saturated heterocycles. The first-order chi connectivity index (χ1) is 11.0. The number of carbonyl (C=O) groups excluding carboxylic acids is 1. The van der Waals surface area contributed by atoms with Crippen LogP contribution in [-0.4, -0.2) is 15.9 Å². The Morgan fingerprint density at radius 3 is 2.74 bits per heavy atom. The van der Waals surface area contributed by atoms with E-state index in [1.54, 1.807) is 43.3 Å². The van der Waals surface area contributed by atoms with Crippen LogP contribution >= 0.6 is 0 Å². The van der Waals surface area contributed by atoms with Crippen molar-refractivity contribution in [1.82, 2.24) is 9.97 Å². The van der Waals surface area contributed by atoms with Crippen LogP contribution in [0.15, 0.2) is 53.3 Å². The van der Waals surface area contributed by atoms with Crippen LogP contribution in [0.3, 0.4) is 0 Å². The second kappa shape index (κ2) is 6.04. The van der Waals surface area contributed by atoms with Crippen molar-refractivity contribution in [3.63, 3.8) is 0 Å². The van der Waals surface area contributed by atoms with Crippen molar-refractivity contribution < 1.29 is 9.53 Å². The summed E-state index contributed by atoms with van der Waals surface area (Å²) in [7, 11) is 0. The van der Waals surface area contributed by atoms with Crippen molar-refractivity contribution in [1.29, 1.82) is 0 Å². The predicted molar refractivity (Wildman–Crippen MR) is 87.4 cm³/mol. The number of carbonyl (C=O) groups is 1. The molecular weight excluding hydrogens is 292 g/mol. The molecule has 0 amide bonds. The number of ether oxygens (including phenoxy) is 1. The Hall–Kier alpha value is -2.95. The highest BCUT2D eigenvalue weighted by molar-refractivity contribution is 5.89. The van der Waals surface area contributed by atoms with Crippen LogP contribution < -0.4 is 5.56 Å². The smallest absolute Gasteiger partial charge is 0.338 e. The third kappa shape index (κ3) is 3.13. The standard InChI is InChI=1S/C18H16N2O3/c1-11-6-5-7-13(10-11)18(22)23-12(2)16-19-15-9-4-3-8-14(15)17(21)20-16/h3-10,12H,1-2H3,(H,19,20,21)/t12-/m0/s1. The molecule has 23 heavy (non-hydrogen) atoms. The van der Waals surface area contributed by atoms with Crippen LogP contribution in [0.1, 0.15) is 34.8 Å². The van der Waals surface area contributed by atoms with Crippen LogP contribution in [-0.2, 0) is 4.74 Å². The number of rotatable bonds is 3. The number of aromatic nitrogens is 2. The molecule has 0 unspecified atom stereocenters. The van der Waals surface area contributed by atoms with Gasteiger partial charge in [-0.05, 0) is 38.1 Å². The molecule has 0 bridgehead atoms. The molecule has 3 aromatic rings. The van der Waals surface area contributed by atoms with Gasteiger partial charge >= 0.3 is 5.97 Å². The number of fused-ring (bicyclic) bond motifs is 1. The van der Waals surface area contributed by atoms with Gasteiger partial charge in [-0.1, -0.05) is 29.8 Å². The van der Waals surface area contributed by atoms with Gasteiger partial charge in [-0.3, -0.25) is 4.79 Å². The molecule has 1 aromatic heterocycles. The van der Waals surface area contributed by atoms with Crippen LogP contribution in [0.4, 0.5) is 0 Å². The number of hydrogen-bond acceptors (Lipinski definition) is 4. The van der Waals surface area contributed by atoms with Crippen LogP contribution in [0.2, 0.25) is 0 Å². The summed E-state index contributed by atoms with van der Waals surface area (Å²) in [6, 6.07) is 14.2. The van der Waals surface area contributed by atoms with E-state index in [9.17, 15) is 9.59 Å². The highest BCUT2D eigenvalue weighted by atomic mass is 16.5. The van der Waals surface area contributed by atoms with E-state index in [0.717, 1.165) is 5.56 Å². The van der Waals surface area contributed by atoms with Crippen molar-refractivity contribution in [2.45, 2.75) is 20.0 Å². The summed E-state index contributed by atoms with van der Waals surface area (Å²) < 4.78 is 5.41. The van der Waals surface area contributed by atoms with Gasteiger partial charge in [0.1, 0.15) is 0 Å². The van der Waals surface area contributed by atoms with Crippen LogP contribution in [0, 0.1) is 6.92 Å². The SMILES string of the molecule is Cc1cccc(C(=O)O[C@@H](C)c2nc3ccccc3c(=O)[nH]2)c1. The zero-order valence-corrected chi connectivity index (χ0v) is 12.9. The lowest BCUT2D eigenvalue weighted by Crippen LogP contribution is -2.17. The molecule has 0 aliphatic heterocycles. The molecule has 0 spiro atoms. The summed E-state index contributed by atoms with van der Waals surface area (Å²) >= 11 is 0. The quantitative estimate of drug-likeness (QED) is 0.754. The molecule has 0 aliphatic carbocycles. The van der Waals surface area contributed by atoms with Gasteiger partial charge in [-0.2, -0.15) is 0 Å². The van der Waals surface area contributed by atoms with Gasteiger partial charge in [0.25, 0.3) is 5.56 Å². The number of aryl methyl sites for hydroxylation is 1. The first kappa shape index (κ1) is 15.0. The summed E-state index contributed by atoms with van der Waals surface area (Å²) in [6.07, 6.45) is -0.652. The molecular formula is C18H16N2O3. The first-order valence-corrected chi connectivity index (χ1v) is 7.31. The van der Waals surface area contributed by atoms with Gasteiger partial charge in [0, 0.05) is 0 Å². The van der Waals surface area contributed by atoms with Crippen LogP contribution in [0.5, 0.6) is 0 Å². The number of nitrogens with one attached hydrogen (secondary N) is 1. The number of para-hydroxylation sites is 1. The minimum atomic E-state index is -0.652. The fraction of sp³-hybridized carbons (Fsp3) is 0.167. The molecule has 1 heterocycles. The monoisotopic (exact) mass is 308 g/mol. The van der Waals surface area contributed by atoms with Crippen molar-refractivity contribution in [2.75, 3.05) is 0 Å². The summed E-state index contributed by atoms with van der Waals surface area (Å²) in [5, 5.41) is 0.508. The Morgan fingerprint density at radius 2 is 1.96 bits per heavy atom. The molecule has 2 aromatic carbocycles. The normalized spacial score (nSPS) is 12.1. The lowest BCUT2D eigenvalue weighted by molar-refractivity contribution is 0.0320. The maximum atomic E-state index is 12.2. The molecule has 1 N–H and O–H groups in total. The molecule has 5 heteroatoms. The summed E-state index contributed by atoms with van der Waals surface area (Å²) in [4.78, 5) is 31.3. The van der Waals surface area contributed by atoms with Gasteiger partial charge in [0.2, 0.25) is 0 Å². The summed E-state index contributed by atoms with van der Waals surface area (Å²) in [6.45, 7) is 3.59. The summed E-state index contributed by atoms with van der Waals surface area (Å²) in [5.74, 6) is -0.119. The van der Waals surface area contributed by atoms with Crippen molar-refractivity contribution >= 4 is 16.9 Å². The Bertz CT molecular complexity index is 931. The average Bonchev–Trinajstić information content (AvgIpc) is 2.54. The highest BCUT2D eigenvalue weighted by Gasteiger charge is 2.16. The van der Waals surface area contributed by atoms with Gasteiger partial charge in [-0.25, -0.2) is 9.78 Å². The molecule has 5 nitrogen and oxygen atoms in total. The Balaban J connectivity index is 1.87. The lowest BCUT2D eigenvalue weighted by Gasteiger charge is -2.13. The number of nitrogens with zero attached hydrogens (tertiary/aromatic N) is 1. The number of hydrogen-bond donors (Lipinski definition) is 1. The zero-order valence-electron chi connectivity index (χ0n) is 12.9. The number of aromatic amines is 1. The van der Waals surface area contributed by atoms with E-state index in [4.69, 9.17) is 4.74 Å². The van der Waals surface area contributed by atoms with Gasteiger partial charge < -0.3 is 9.72 Å². The third-order valence-electron chi connectivity index (χ3n) is 3.55. The lowest BCUT2D eigenvalue weighted by atomic mass is 10.1. The van der Waals surface area contributed by atoms with Crippen molar-refractivity contribution in [2.24, 2.45) is 0 Å². The van der Waals surface area contributed by atoms with E-state index >= 15 is 0 Å². The van der Waals surface area contributed by atoms with Crippen molar-refractivity contribution in [3.8, 4) is 0 Å². The van der Waals surface area contributed by atoms with Gasteiger partial charge in [0.15, 0.2) is 11.9 Å². The first-order valence-electron chi connectivity index (χ1n) is 7.31. The fourth-order valence-electron chi connectivity index (χ4n) is 2.35. The molecule has 116 valence electrons. The highest BCUT2D eigenvalue weighted by Crippen LogP contribution is 2.16. The van der Waals surface area contributed by atoms with E-state index in [-0.39, 0.29) is 5.56 Å². The maximum Gasteiger partial charge on any atom is 0.338 e. The second-order valence-corrected chi connectivity index (χ2v) is 5.39. The maximum absolute atomic E-state index is 12.2. The van der Waals surface area contributed by atoms with E-state index in [1.807, 2.05) is 19.1 Å². The van der Waals surface area contributed by atoms with E-state index in [1.165, 1.54) is 0 Å². The third-order valence-corrected chi connectivity index (χ3v) is 3.55. The Labute approximate surface area is 133 Å². The number of H-pyrrole nitrogens is 1. The Morgan fingerprint density at radius 1 is 1.17 bits per heavy atom. The van der Waals surface area contributed by atoms with Crippen molar-refractivity contribution in [3.05, 3.63) is 75.8 Å². The predicted octanol–water partition coefficient (Wildman–Crippen LogP) is 3.15. The minimum absolute atomic E-state index is 0.246. The summed E-state index contributed by atoms with van der Waals surface area (Å²) in [5.41, 5.74) is 1.78. The van der Waals surface area contributed by atoms with Crippen LogP contribution in [0.25, 0.3) is 10.9 Å². The molecule has 0 saturated carbocycles. The van der Waals surface area contributed by atoms with Gasteiger partial charge in [-0.15, -0.1) is 0 Å².